The molecule has 0 spiro atoms. The minimum atomic E-state index is -0.369. The van der Waals surface area contributed by atoms with Crippen LogP contribution in [-0.2, 0) is 0 Å². The van der Waals surface area contributed by atoms with Gasteiger partial charge in [0.1, 0.15) is 5.82 Å². The molecule has 4 heteroatoms. The van der Waals surface area contributed by atoms with Crippen LogP contribution in [0.3, 0.4) is 0 Å². The van der Waals surface area contributed by atoms with Gasteiger partial charge in [0.15, 0.2) is 0 Å². The van der Waals surface area contributed by atoms with Gasteiger partial charge in [0.2, 0.25) is 0 Å². The van der Waals surface area contributed by atoms with Gasteiger partial charge in [-0.3, -0.25) is 4.79 Å². The molecule has 1 atom stereocenters. The topological polar surface area (TPSA) is 29.1 Å². The number of amides is 1. The lowest BCUT2D eigenvalue weighted by molar-refractivity contribution is 0.102. The van der Waals surface area contributed by atoms with E-state index >= 15 is 0 Å². The van der Waals surface area contributed by atoms with Gasteiger partial charge in [-0.1, -0.05) is 18.2 Å². The third-order valence-corrected chi connectivity index (χ3v) is 2.98. The molecule has 0 saturated heterocycles. The van der Waals surface area contributed by atoms with Crippen molar-refractivity contribution < 1.29 is 9.18 Å². The van der Waals surface area contributed by atoms with Gasteiger partial charge >= 0.3 is 0 Å². The highest BCUT2D eigenvalue weighted by atomic mass is 35.5. The van der Waals surface area contributed by atoms with E-state index in [0.29, 0.717) is 11.3 Å². The maximum Gasteiger partial charge on any atom is 0.255 e. The summed E-state index contributed by atoms with van der Waals surface area (Å²) in [7, 11) is 0. The molecule has 98 valence electrons. The first-order valence-electron chi connectivity index (χ1n) is 5.88. The molecule has 2 rings (SSSR count). The van der Waals surface area contributed by atoms with Gasteiger partial charge in [-0.05, 0) is 42.8 Å². The molecule has 0 bridgehead atoms. The van der Waals surface area contributed by atoms with Crippen LogP contribution in [0.25, 0.3) is 0 Å². The van der Waals surface area contributed by atoms with Crippen LogP contribution in [0.15, 0.2) is 48.5 Å². The van der Waals surface area contributed by atoms with Crippen molar-refractivity contribution in [1.29, 1.82) is 0 Å². The molecule has 0 fully saturated rings. The Bertz CT molecular complexity index is 581. The predicted molar refractivity (Wildman–Crippen MR) is 75.1 cm³/mol. The Morgan fingerprint density at radius 2 is 1.79 bits per heavy atom. The van der Waals surface area contributed by atoms with Crippen LogP contribution >= 0.6 is 11.6 Å². The molecule has 0 aliphatic carbocycles. The zero-order chi connectivity index (χ0) is 13.8. The number of benzene rings is 2. The number of hydrogen-bond acceptors (Lipinski definition) is 1. The lowest BCUT2D eigenvalue weighted by atomic mass is 10.1. The minimum Gasteiger partial charge on any atom is -0.322 e. The van der Waals surface area contributed by atoms with Gasteiger partial charge in [-0.25, -0.2) is 4.39 Å². The van der Waals surface area contributed by atoms with E-state index in [9.17, 15) is 9.18 Å². The highest BCUT2D eigenvalue weighted by Crippen LogP contribution is 2.27. The maximum absolute atomic E-state index is 12.8. The van der Waals surface area contributed by atoms with Crippen molar-refractivity contribution >= 4 is 23.2 Å². The fraction of sp³-hybridized carbons (Fsp3) is 0.133. The van der Waals surface area contributed by atoms with Crippen LogP contribution in [0.5, 0.6) is 0 Å². The first kappa shape index (κ1) is 13.6. The van der Waals surface area contributed by atoms with Crippen LogP contribution in [0.2, 0.25) is 0 Å². The van der Waals surface area contributed by atoms with Gasteiger partial charge in [0.05, 0.1) is 5.38 Å². The number of hydrogen-bond donors (Lipinski definition) is 1. The van der Waals surface area contributed by atoms with Crippen molar-refractivity contribution in [2.75, 3.05) is 5.32 Å². The lowest BCUT2D eigenvalue weighted by Gasteiger charge is -2.12. The molecule has 0 aliphatic rings. The Morgan fingerprint density at radius 1 is 1.16 bits per heavy atom. The second-order valence-electron chi connectivity index (χ2n) is 4.16. The molecule has 1 amide bonds. The number of carbonyl (C=O) groups excluding carboxylic acids is 1. The van der Waals surface area contributed by atoms with E-state index in [2.05, 4.69) is 5.32 Å². The molecule has 0 radical (unpaired) electrons. The zero-order valence-electron chi connectivity index (χ0n) is 10.4. The highest BCUT2D eigenvalue weighted by Gasteiger charge is 2.11. The Labute approximate surface area is 116 Å². The fourth-order valence-electron chi connectivity index (χ4n) is 1.75. The standard InChI is InChI=1S/C15H13ClFNO/c1-10(16)13-4-2-3-5-14(13)18-15(19)11-6-8-12(17)9-7-11/h2-10H,1H3,(H,18,19). The van der Waals surface area contributed by atoms with E-state index in [1.54, 1.807) is 6.07 Å². The summed E-state index contributed by atoms with van der Waals surface area (Å²) in [5, 5.41) is 2.58. The smallest absolute Gasteiger partial charge is 0.255 e. The molecular formula is C15H13ClFNO. The van der Waals surface area contributed by atoms with E-state index in [4.69, 9.17) is 11.6 Å². The number of alkyl halides is 1. The lowest BCUT2D eigenvalue weighted by Crippen LogP contribution is -2.13. The average molecular weight is 278 g/mol. The molecule has 2 aromatic rings. The molecular weight excluding hydrogens is 265 g/mol. The number of para-hydroxylation sites is 1. The average Bonchev–Trinajstić information content (AvgIpc) is 2.39. The molecule has 1 N–H and O–H groups in total. The summed E-state index contributed by atoms with van der Waals surface area (Å²) in [4.78, 5) is 12.0. The number of rotatable bonds is 3. The molecule has 0 saturated carbocycles. The quantitative estimate of drug-likeness (QED) is 0.829. The van der Waals surface area contributed by atoms with Crippen LogP contribution in [-0.4, -0.2) is 5.91 Å². The SMILES string of the molecule is CC(Cl)c1ccccc1NC(=O)c1ccc(F)cc1. The Morgan fingerprint density at radius 3 is 2.42 bits per heavy atom. The van der Waals surface area contributed by atoms with E-state index in [1.807, 2.05) is 25.1 Å². The molecule has 2 aromatic carbocycles. The molecule has 19 heavy (non-hydrogen) atoms. The Balaban J connectivity index is 2.22. The normalized spacial score (nSPS) is 11.9. The van der Waals surface area contributed by atoms with Crippen LogP contribution in [0.1, 0.15) is 28.2 Å². The minimum absolute atomic E-state index is 0.204. The molecule has 0 heterocycles. The monoisotopic (exact) mass is 277 g/mol. The van der Waals surface area contributed by atoms with Crippen molar-refractivity contribution in [2.24, 2.45) is 0 Å². The Kier molecular flexibility index (Phi) is 4.17. The van der Waals surface area contributed by atoms with Crippen LogP contribution in [0.4, 0.5) is 10.1 Å². The number of carbonyl (C=O) groups is 1. The molecule has 1 unspecified atom stereocenters. The third-order valence-electron chi connectivity index (χ3n) is 2.74. The summed E-state index contributed by atoms with van der Waals surface area (Å²) in [6.07, 6.45) is 0. The second kappa shape index (κ2) is 5.85. The molecule has 0 aliphatic heterocycles. The second-order valence-corrected chi connectivity index (χ2v) is 4.82. The highest BCUT2D eigenvalue weighted by molar-refractivity contribution is 6.21. The summed E-state index contributed by atoms with van der Waals surface area (Å²) >= 11 is 6.06. The summed E-state index contributed by atoms with van der Waals surface area (Å²) in [5.41, 5.74) is 1.91. The van der Waals surface area contributed by atoms with Gasteiger partial charge in [-0.2, -0.15) is 0 Å². The van der Waals surface area contributed by atoms with Gasteiger partial charge in [0.25, 0.3) is 5.91 Å². The Hall–Kier alpha value is -1.87. The zero-order valence-corrected chi connectivity index (χ0v) is 11.1. The van der Waals surface area contributed by atoms with E-state index in [-0.39, 0.29) is 17.1 Å². The fourth-order valence-corrected chi connectivity index (χ4v) is 1.94. The van der Waals surface area contributed by atoms with E-state index in [1.165, 1.54) is 24.3 Å². The largest absolute Gasteiger partial charge is 0.322 e. The number of nitrogens with one attached hydrogen (secondary N) is 1. The van der Waals surface area contributed by atoms with Gasteiger partial charge in [-0.15, -0.1) is 11.6 Å². The van der Waals surface area contributed by atoms with Crippen LogP contribution in [0, 0.1) is 5.82 Å². The summed E-state index contributed by atoms with van der Waals surface area (Å²) < 4.78 is 12.8. The molecule has 0 aromatic heterocycles. The first-order valence-corrected chi connectivity index (χ1v) is 6.31. The summed E-state index contributed by atoms with van der Waals surface area (Å²) in [6, 6.07) is 12.7. The maximum atomic E-state index is 12.8. The van der Waals surface area contributed by atoms with Gasteiger partial charge in [0, 0.05) is 11.3 Å². The number of halogens is 2. The van der Waals surface area contributed by atoms with Gasteiger partial charge < -0.3 is 5.32 Å². The van der Waals surface area contributed by atoms with Crippen molar-refractivity contribution in [3.63, 3.8) is 0 Å². The van der Waals surface area contributed by atoms with Crippen molar-refractivity contribution in [3.05, 3.63) is 65.5 Å². The summed E-state index contributed by atoms with van der Waals surface area (Å²) in [5.74, 6) is -0.656. The summed E-state index contributed by atoms with van der Waals surface area (Å²) in [6.45, 7) is 1.84. The van der Waals surface area contributed by atoms with E-state index < -0.39 is 0 Å². The van der Waals surface area contributed by atoms with Crippen LogP contribution < -0.4 is 5.32 Å². The van der Waals surface area contributed by atoms with E-state index in [0.717, 1.165) is 5.56 Å². The predicted octanol–water partition coefficient (Wildman–Crippen LogP) is 4.38. The van der Waals surface area contributed by atoms with Crippen molar-refractivity contribution in [3.8, 4) is 0 Å². The first-order chi connectivity index (χ1) is 9.08. The third kappa shape index (κ3) is 3.32. The number of anilines is 1. The molecule has 2 nitrogen and oxygen atoms in total. The van der Waals surface area contributed by atoms with Crippen molar-refractivity contribution in [1.82, 2.24) is 0 Å². The van der Waals surface area contributed by atoms with Crippen molar-refractivity contribution in [2.45, 2.75) is 12.3 Å².